The molecule has 3 rings (SSSR count). The Morgan fingerprint density at radius 1 is 1.10 bits per heavy atom. The number of benzene rings is 2. The molecule has 2 aromatic carbocycles. The molecule has 1 atom stereocenters. The maximum atomic E-state index is 13.7. The number of nitrogens with zero attached hydrogens (tertiary/aromatic N) is 1. The molecule has 1 saturated heterocycles. The van der Waals surface area contributed by atoms with E-state index in [0.29, 0.717) is 43.7 Å². The summed E-state index contributed by atoms with van der Waals surface area (Å²) in [5.41, 5.74) is 1.81. The monoisotopic (exact) mass is 415 g/mol. The minimum Gasteiger partial charge on any atom is -0.352 e. The minimum absolute atomic E-state index is 0.0220. The van der Waals surface area contributed by atoms with Crippen LogP contribution in [-0.2, 0) is 16.1 Å². The first kappa shape index (κ1) is 21.9. The number of rotatable bonds is 6. The van der Waals surface area contributed by atoms with Gasteiger partial charge in [0.1, 0.15) is 11.6 Å². The van der Waals surface area contributed by atoms with E-state index in [1.54, 1.807) is 31.2 Å². The molecule has 1 aliphatic heterocycles. The summed E-state index contributed by atoms with van der Waals surface area (Å²) in [6.07, 6.45) is 1.32. The third-order valence-electron chi connectivity index (χ3n) is 5.65. The number of carbonyl (C=O) groups is 2. The fourth-order valence-corrected chi connectivity index (χ4v) is 3.57. The van der Waals surface area contributed by atoms with Crippen molar-refractivity contribution in [3.8, 4) is 0 Å². The molecule has 1 fully saturated rings. The summed E-state index contributed by atoms with van der Waals surface area (Å²) in [6.45, 7) is 5.11. The molecule has 0 aromatic heterocycles. The fourth-order valence-electron chi connectivity index (χ4n) is 3.57. The van der Waals surface area contributed by atoms with Gasteiger partial charge in [-0.15, -0.1) is 0 Å². The number of hydrogen-bond acceptors (Lipinski definition) is 3. The lowest BCUT2D eigenvalue weighted by molar-refractivity contribution is -0.127. The van der Waals surface area contributed by atoms with Crippen molar-refractivity contribution in [1.29, 1.82) is 0 Å². The van der Waals surface area contributed by atoms with Crippen molar-refractivity contribution in [3.63, 3.8) is 0 Å². The Morgan fingerprint density at radius 3 is 2.40 bits per heavy atom. The van der Waals surface area contributed by atoms with E-state index in [1.165, 1.54) is 18.2 Å². The summed E-state index contributed by atoms with van der Waals surface area (Å²) >= 11 is 0. The Kier molecular flexibility index (Phi) is 7.15. The Balaban J connectivity index is 1.45. The molecular weight excluding hydrogens is 388 g/mol. The summed E-state index contributed by atoms with van der Waals surface area (Å²) in [7, 11) is 0. The molecule has 7 heteroatoms. The van der Waals surface area contributed by atoms with E-state index < -0.39 is 0 Å². The molecule has 2 aromatic rings. The van der Waals surface area contributed by atoms with Crippen molar-refractivity contribution < 1.29 is 18.4 Å². The van der Waals surface area contributed by atoms with Gasteiger partial charge < -0.3 is 10.6 Å². The van der Waals surface area contributed by atoms with E-state index in [9.17, 15) is 18.4 Å². The van der Waals surface area contributed by atoms with Crippen molar-refractivity contribution in [1.82, 2.24) is 10.2 Å². The van der Waals surface area contributed by atoms with Crippen molar-refractivity contribution >= 4 is 17.5 Å². The molecule has 0 spiro atoms. The van der Waals surface area contributed by atoms with Gasteiger partial charge in [0.2, 0.25) is 11.8 Å². The lowest BCUT2D eigenvalue weighted by atomic mass is 9.94. The Hall–Kier alpha value is -2.80. The fraction of sp³-hybridized carbons (Fsp3) is 0.391. The number of carbonyl (C=O) groups excluding carboxylic acids is 2. The van der Waals surface area contributed by atoms with Gasteiger partial charge in [0.25, 0.3) is 0 Å². The van der Waals surface area contributed by atoms with Crippen molar-refractivity contribution in [2.45, 2.75) is 39.3 Å². The first-order valence-corrected chi connectivity index (χ1v) is 10.2. The van der Waals surface area contributed by atoms with Crippen LogP contribution in [0.25, 0.3) is 0 Å². The summed E-state index contributed by atoms with van der Waals surface area (Å²) in [5.74, 6) is -0.983. The first-order valence-electron chi connectivity index (χ1n) is 10.2. The minimum atomic E-state index is -0.377. The second-order valence-electron chi connectivity index (χ2n) is 7.78. The SMILES string of the molecule is Cc1ccc(NC(=O)C(C)N2CCC(C(=O)NCc3ccc(F)cc3)CC2)cc1F. The number of aryl methyl sites for hydroxylation is 1. The standard InChI is InChI=1S/C23H27F2N3O2/c1-15-3-8-20(13-21(15)25)27-22(29)16(2)28-11-9-18(10-12-28)23(30)26-14-17-4-6-19(24)7-5-17/h3-8,13,16,18H,9-12,14H2,1-2H3,(H,26,30)(H,27,29). The highest BCUT2D eigenvalue weighted by atomic mass is 19.1. The highest BCUT2D eigenvalue weighted by Gasteiger charge is 2.29. The van der Waals surface area contributed by atoms with Gasteiger partial charge in [-0.2, -0.15) is 0 Å². The maximum Gasteiger partial charge on any atom is 0.241 e. The average molecular weight is 415 g/mol. The van der Waals surface area contributed by atoms with Crippen molar-refractivity contribution in [3.05, 3.63) is 65.2 Å². The van der Waals surface area contributed by atoms with Crippen molar-refractivity contribution in [2.24, 2.45) is 5.92 Å². The van der Waals surface area contributed by atoms with Crippen LogP contribution in [0.1, 0.15) is 30.9 Å². The largest absolute Gasteiger partial charge is 0.352 e. The third-order valence-corrected chi connectivity index (χ3v) is 5.65. The van der Waals surface area contributed by atoms with E-state index >= 15 is 0 Å². The van der Waals surface area contributed by atoms with E-state index in [0.717, 1.165) is 5.56 Å². The predicted octanol–water partition coefficient (Wildman–Crippen LogP) is 3.63. The van der Waals surface area contributed by atoms with Gasteiger partial charge in [-0.25, -0.2) is 8.78 Å². The molecule has 5 nitrogen and oxygen atoms in total. The second-order valence-corrected chi connectivity index (χ2v) is 7.78. The molecule has 2 amide bonds. The van der Waals surface area contributed by atoms with Crippen LogP contribution in [-0.4, -0.2) is 35.8 Å². The summed E-state index contributed by atoms with van der Waals surface area (Å²) in [5, 5.41) is 5.66. The maximum absolute atomic E-state index is 13.7. The number of likely N-dealkylation sites (tertiary alicyclic amines) is 1. The molecule has 2 N–H and O–H groups in total. The van der Waals surface area contributed by atoms with Crippen LogP contribution in [0.5, 0.6) is 0 Å². The second kappa shape index (κ2) is 9.80. The molecule has 30 heavy (non-hydrogen) atoms. The van der Waals surface area contributed by atoms with Gasteiger partial charge in [-0.05, 0) is 75.2 Å². The van der Waals surface area contributed by atoms with Gasteiger partial charge >= 0.3 is 0 Å². The number of piperidine rings is 1. The summed E-state index contributed by atoms with van der Waals surface area (Å²) in [4.78, 5) is 27.0. The Morgan fingerprint density at radius 2 is 1.77 bits per heavy atom. The zero-order valence-corrected chi connectivity index (χ0v) is 17.3. The smallest absolute Gasteiger partial charge is 0.241 e. The molecule has 0 radical (unpaired) electrons. The third kappa shape index (κ3) is 5.63. The van der Waals surface area contributed by atoms with E-state index in [1.807, 2.05) is 11.8 Å². The summed E-state index contributed by atoms with van der Waals surface area (Å²) < 4.78 is 26.6. The highest BCUT2D eigenvalue weighted by molar-refractivity contribution is 5.94. The van der Waals surface area contributed by atoms with Crippen LogP contribution in [0.15, 0.2) is 42.5 Å². The van der Waals surface area contributed by atoms with Gasteiger partial charge in [0.15, 0.2) is 0 Å². The van der Waals surface area contributed by atoms with Crippen LogP contribution in [0.2, 0.25) is 0 Å². The zero-order valence-electron chi connectivity index (χ0n) is 17.3. The highest BCUT2D eigenvalue weighted by Crippen LogP contribution is 2.21. The van der Waals surface area contributed by atoms with Crippen LogP contribution in [0.4, 0.5) is 14.5 Å². The van der Waals surface area contributed by atoms with E-state index in [2.05, 4.69) is 10.6 Å². The molecule has 0 aliphatic carbocycles. The van der Waals surface area contributed by atoms with Gasteiger partial charge in [-0.3, -0.25) is 14.5 Å². The van der Waals surface area contributed by atoms with Gasteiger partial charge in [0, 0.05) is 18.2 Å². The molecule has 1 heterocycles. The first-order chi connectivity index (χ1) is 14.3. The lowest BCUT2D eigenvalue weighted by Gasteiger charge is -2.34. The zero-order chi connectivity index (χ0) is 21.7. The predicted molar refractivity (Wildman–Crippen MR) is 112 cm³/mol. The lowest BCUT2D eigenvalue weighted by Crippen LogP contribution is -2.48. The van der Waals surface area contributed by atoms with Gasteiger partial charge in [-0.1, -0.05) is 18.2 Å². The van der Waals surface area contributed by atoms with Crippen LogP contribution >= 0.6 is 0 Å². The number of nitrogens with one attached hydrogen (secondary N) is 2. The van der Waals surface area contributed by atoms with E-state index in [-0.39, 0.29) is 35.4 Å². The number of anilines is 1. The Bertz CT molecular complexity index is 894. The molecule has 160 valence electrons. The van der Waals surface area contributed by atoms with E-state index in [4.69, 9.17) is 0 Å². The normalized spacial score (nSPS) is 16.1. The van der Waals surface area contributed by atoms with Crippen LogP contribution in [0, 0.1) is 24.5 Å². The molecule has 1 aliphatic rings. The average Bonchev–Trinajstić information content (AvgIpc) is 2.75. The molecule has 0 bridgehead atoms. The topological polar surface area (TPSA) is 61.4 Å². The Labute approximate surface area is 175 Å². The number of amides is 2. The summed E-state index contributed by atoms with van der Waals surface area (Å²) in [6, 6.07) is 10.3. The molecule has 0 saturated carbocycles. The van der Waals surface area contributed by atoms with Crippen molar-refractivity contribution in [2.75, 3.05) is 18.4 Å². The van der Waals surface area contributed by atoms with Crippen LogP contribution in [0.3, 0.4) is 0 Å². The quantitative estimate of drug-likeness (QED) is 0.758. The number of hydrogen-bond donors (Lipinski definition) is 2. The van der Waals surface area contributed by atoms with Crippen LogP contribution < -0.4 is 10.6 Å². The van der Waals surface area contributed by atoms with Gasteiger partial charge in [0.05, 0.1) is 6.04 Å². The molecular formula is C23H27F2N3O2. The number of halogens is 2. The molecule has 1 unspecified atom stereocenters.